The highest BCUT2D eigenvalue weighted by molar-refractivity contribution is 5.68. The van der Waals surface area contributed by atoms with E-state index in [1.807, 2.05) is 27.7 Å². The Kier molecular flexibility index (Phi) is 8.34. The summed E-state index contributed by atoms with van der Waals surface area (Å²) < 4.78 is 39.3. The van der Waals surface area contributed by atoms with E-state index in [9.17, 15) is 4.79 Å². The molecule has 9 nitrogen and oxygen atoms in total. The Hall–Kier alpha value is -0.970. The van der Waals surface area contributed by atoms with Gasteiger partial charge in [-0.05, 0) is 40.0 Å². The van der Waals surface area contributed by atoms with Gasteiger partial charge in [-0.15, -0.1) is 0 Å². The molecule has 174 valence electrons. The van der Waals surface area contributed by atoms with Crippen molar-refractivity contribution in [2.24, 2.45) is 5.92 Å². The second-order valence-electron chi connectivity index (χ2n) is 9.10. The molecular weight excluding hydrogens is 394 g/mol. The molecule has 1 saturated carbocycles. The first-order chi connectivity index (χ1) is 14.3. The van der Waals surface area contributed by atoms with Gasteiger partial charge < -0.3 is 29.0 Å². The van der Waals surface area contributed by atoms with E-state index < -0.39 is 43.1 Å². The third-order valence-electron chi connectivity index (χ3n) is 5.52. The van der Waals surface area contributed by atoms with Gasteiger partial charge in [-0.1, -0.05) is 32.1 Å². The Morgan fingerprint density at radius 3 is 2.37 bits per heavy atom. The molecule has 0 aromatic rings. The van der Waals surface area contributed by atoms with Gasteiger partial charge in [0, 0.05) is 13.7 Å². The zero-order valence-electron chi connectivity index (χ0n) is 18.8. The molecule has 2 bridgehead atoms. The van der Waals surface area contributed by atoms with Crippen molar-refractivity contribution in [1.29, 1.82) is 0 Å². The van der Waals surface area contributed by atoms with E-state index in [1.54, 1.807) is 0 Å². The molecule has 3 saturated heterocycles. The number of hydrogen-bond acceptors (Lipinski definition) is 8. The quantitative estimate of drug-likeness (QED) is 0.527. The third kappa shape index (κ3) is 6.51. The zero-order valence-corrected chi connectivity index (χ0v) is 18.8. The summed E-state index contributed by atoms with van der Waals surface area (Å²) in [5, 5.41) is 3.02. The number of carbonyl (C=O) groups is 1. The van der Waals surface area contributed by atoms with Crippen molar-refractivity contribution in [3.8, 4) is 0 Å². The molecule has 30 heavy (non-hydrogen) atoms. The Morgan fingerprint density at radius 1 is 1.13 bits per heavy atom. The number of amides is 1. The molecule has 1 aliphatic carbocycles. The number of ether oxygens (including phenoxy) is 7. The van der Waals surface area contributed by atoms with Gasteiger partial charge in [0.1, 0.15) is 17.8 Å². The average Bonchev–Trinajstić information content (AvgIpc) is 3.24. The van der Waals surface area contributed by atoms with Crippen LogP contribution in [0.15, 0.2) is 0 Å². The van der Waals surface area contributed by atoms with Crippen molar-refractivity contribution in [3.05, 3.63) is 0 Å². The molecule has 4 fully saturated rings. The summed E-state index contributed by atoms with van der Waals surface area (Å²) in [6, 6.07) is -0.377. The number of alkyl carbamates (subject to hydrolysis) is 1. The molecule has 0 radical (unpaired) electrons. The zero-order chi connectivity index (χ0) is 21.7. The maximum absolute atomic E-state index is 12.6. The Bertz CT molecular complexity index is 542. The number of rotatable bonds is 10. The van der Waals surface area contributed by atoms with E-state index in [0.717, 1.165) is 19.3 Å². The molecule has 1 amide bonds. The molecule has 3 aliphatic heterocycles. The lowest BCUT2D eigenvalue weighted by Crippen LogP contribution is -2.55. The molecule has 2 unspecified atom stereocenters. The van der Waals surface area contributed by atoms with E-state index >= 15 is 0 Å². The molecule has 9 heteroatoms. The average molecular weight is 432 g/mol. The van der Waals surface area contributed by atoms with Crippen LogP contribution in [0.25, 0.3) is 0 Å². The lowest BCUT2D eigenvalue weighted by Gasteiger charge is -2.36. The molecule has 3 heterocycles. The lowest BCUT2D eigenvalue weighted by atomic mass is 9.83. The predicted molar refractivity (Wildman–Crippen MR) is 106 cm³/mol. The van der Waals surface area contributed by atoms with Crippen molar-refractivity contribution in [1.82, 2.24) is 5.32 Å². The number of carbonyl (C=O) groups excluding carboxylic acids is 1. The topological polar surface area (TPSA) is 93.7 Å². The Morgan fingerprint density at radius 2 is 1.83 bits per heavy atom. The predicted octanol–water partition coefficient (Wildman–Crippen LogP) is 3.26. The minimum absolute atomic E-state index is 0.377. The minimum atomic E-state index is -0.893. The van der Waals surface area contributed by atoms with E-state index in [2.05, 4.69) is 5.32 Å². The maximum Gasteiger partial charge on any atom is 0.407 e. The molecule has 1 N–H and O–H groups in total. The van der Waals surface area contributed by atoms with Crippen molar-refractivity contribution in [2.75, 3.05) is 13.7 Å². The summed E-state index contributed by atoms with van der Waals surface area (Å²) in [5.74, 6) is 0.483. The summed E-state index contributed by atoms with van der Waals surface area (Å²) in [4.78, 5) is 12.6. The van der Waals surface area contributed by atoms with Gasteiger partial charge in [-0.3, -0.25) is 9.47 Å². The van der Waals surface area contributed by atoms with Gasteiger partial charge in [0.2, 0.25) is 0 Å². The molecule has 0 spiro atoms. The van der Waals surface area contributed by atoms with Crippen LogP contribution in [-0.2, 0) is 33.2 Å². The fourth-order valence-electron chi connectivity index (χ4n) is 4.22. The smallest absolute Gasteiger partial charge is 0.407 e. The van der Waals surface area contributed by atoms with E-state index in [0.29, 0.717) is 12.5 Å². The van der Waals surface area contributed by atoms with Crippen LogP contribution in [0, 0.1) is 5.92 Å². The van der Waals surface area contributed by atoms with Crippen LogP contribution in [0.2, 0.25) is 0 Å². The lowest BCUT2D eigenvalue weighted by molar-refractivity contribution is -0.381. The number of methoxy groups -OCH3 is 1. The summed E-state index contributed by atoms with van der Waals surface area (Å²) in [5.41, 5.74) is -0.603. The van der Waals surface area contributed by atoms with Crippen LogP contribution in [0.4, 0.5) is 4.79 Å². The van der Waals surface area contributed by atoms with Crippen LogP contribution in [0.1, 0.15) is 66.2 Å². The third-order valence-corrected chi connectivity index (χ3v) is 5.52. The number of hydrogen-bond donors (Lipinski definition) is 1. The molecule has 4 aliphatic rings. The van der Waals surface area contributed by atoms with Gasteiger partial charge in [-0.2, -0.15) is 0 Å². The van der Waals surface area contributed by atoms with E-state index in [-0.39, 0.29) is 6.04 Å². The van der Waals surface area contributed by atoms with Crippen LogP contribution in [0.5, 0.6) is 0 Å². The Labute approximate surface area is 179 Å². The second kappa shape index (κ2) is 10.6. The largest absolute Gasteiger partial charge is 0.444 e. The van der Waals surface area contributed by atoms with Crippen LogP contribution >= 0.6 is 0 Å². The van der Waals surface area contributed by atoms with Gasteiger partial charge >= 0.3 is 6.09 Å². The highest BCUT2D eigenvalue weighted by Crippen LogP contribution is 2.38. The summed E-state index contributed by atoms with van der Waals surface area (Å²) in [6.45, 7) is 6.21. The summed E-state index contributed by atoms with van der Waals surface area (Å²) >= 11 is 0. The highest BCUT2D eigenvalue weighted by atomic mass is 17.0. The fraction of sp³-hybridized carbons (Fsp3) is 0.952. The molecule has 0 aromatic carbocycles. The first kappa shape index (κ1) is 23.7. The Balaban J connectivity index is 1.77. The van der Waals surface area contributed by atoms with Gasteiger partial charge in [0.05, 0.1) is 6.04 Å². The second-order valence-corrected chi connectivity index (χ2v) is 9.10. The maximum atomic E-state index is 12.6. The van der Waals surface area contributed by atoms with Crippen molar-refractivity contribution < 1.29 is 38.0 Å². The van der Waals surface area contributed by atoms with Crippen molar-refractivity contribution in [2.45, 2.75) is 109 Å². The minimum Gasteiger partial charge on any atom is -0.444 e. The summed E-state index contributed by atoms with van der Waals surface area (Å²) in [6.07, 6.45) is 4.54. The molecular formula is C21H37NO8. The monoisotopic (exact) mass is 431 g/mol. The van der Waals surface area contributed by atoms with Crippen molar-refractivity contribution >= 4 is 6.09 Å². The SMILES string of the molecule is CCOC(OC)O[C@@H](C1OC2OC1O2)[C@H](CC1CCCCC1)NC(=O)OC(C)(C)C. The molecule has 0 aromatic heterocycles. The summed E-state index contributed by atoms with van der Waals surface area (Å²) in [7, 11) is 1.51. The van der Waals surface area contributed by atoms with Crippen molar-refractivity contribution in [3.63, 3.8) is 0 Å². The molecule has 4 atom stereocenters. The van der Waals surface area contributed by atoms with E-state index in [1.165, 1.54) is 26.4 Å². The van der Waals surface area contributed by atoms with Gasteiger partial charge in [-0.25, -0.2) is 4.79 Å². The van der Waals surface area contributed by atoms with E-state index in [4.69, 9.17) is 33.2 Å². The first-order valence-electron chi connectivity index (χ1n) is 11.0. The highest BCUT2D eigenvalue weighted by Gasteiger charge is 2.55. The van der Waals surface area contributed by atoms with Crippen LogP contribution in [-0.4, -0.2) is 62.9 Å². The number of fused-ring (bicyclic) bond motifs is 1. The number of nitrogens with one attached hydrogen (secondary N) is 1. The van der Waals surface area contributed by atoms with Crippen LogP contribution in [0.3, 0.4) is 0 Å². The standard InChI is InChI=1S/C21H37NO8/c1-6-25-19(24-5)26-15(16-17-28-20(27-16)29-17)14(12-13-10-8-7-9-11-13)22-18(23)30-21(2,3)4/h13-17,19-20H,6-12H2,1-5H3,(H,22,23)/t14-,15+,16?,17?,19?,20?/m0/s1. The van der Waals surface area contributed by atoms with Crippen LogP contribution < -0.4 is 5.32 Å². The first-order valence-corrected chi connectivity index (χ1v) is 11.0. The normalized spacial score (nSPS) is 29.7. The fourth-order valence-corrected chi connectivity index (χ4v) is 4.22. The van der Waals surface area contributed by atoms with Gasteiger partial charge in [0.15, 0.2) is 6.29 Å². The molecule has 4 rings (SSSR count). The van der Waals surface area contributed by atoms with Gasteiger partial charge in [0.25, 0.3) is 13.0 Å².